The van der Waals surface area contributed by atoms with E-state index in [1.54, 1.807) is 30.3 Å². The zero-order valence-electron chi connectivity index (χ0n) is 12.9. The number of nitrogens with one attached hydrogen (secondary N) is 1. The first kappa shape index (κ1) is 15.8. The zero-order valence-corrected chi connectivity index (χ0v) is 13.7. The molecule has 1 aliphatic carbocycles. The van der Waals surface area contributed by atoms with E-state index in [1.807, 2.05) is 31.2 Å². The van der Waals surface area contributed by atoms with Gasteiger partial charge >= 0.3 is 0 Å². The highest BCUT2D eigenvalue weighted by Crippen LogP contribution is 2.28. The van der Waals surface area contributed by atoms with Crippen LogP contribution in [0.4, 0.5) is 0 Å². The highest BCUT2D eigenvalue weighted by atomic mass is 32.2. The second kappa shape index (κ2) is 5.83. The fourth-order valence-electron chi connectivity index (χ4n) is 2.81. The number of benzene rings is 2. The van der Waals surface area contributed by atoms with Crippen LogP contribution in [0.15, 0.2) is 65.6 Å². The molecule has 0 saturated heterocycles. The molecule has 2 N–H and O–H groups in total. The van der Waals surface area contributed by atoms with Gasteiger partial charge < -0.3 is 5.11 Å². The monoisotopic (exact) mass is 329 g/mol. The number of aromatic hydroxyl groups is 1. The Morgan fingerprint density at radius 1 is 1.22 bits per heavy atom. The van der Waals surface area contributed by atoms with Crippen LogP contribution in [0.25, 0.3) is 10.8 Å². The molecule has 1 aliphatic rings. The zero-order chi connectivity index (χ0) is 16.5. The molecule has 2 aromatic carbocycles. The van der Waals surface area contributed by atoms with Crippen LogP contribution in [-0.4, -0.2) is 19.1 Å². The van der Waals surface area contributed by atoms with Gasteiger partial charge in [0.2, 0.25) is 10.0 Å². The molecular weight excluding hydrogens is 310 g/mol. The van der Waals surface area contributed by atoms with Gasteiger partial charge in [0.05, 0.1) is 10.4 Å². The van der Waals surface area contributed by atoms with Crippen molar-refractivity contribution in [2.24, 2.45) is 0 Å². The van der Waals surface area contributed by atoms with Crippen LogP contribution in [0, 0.1) is 0 Å². The van der Waals surface area contributed by atoms with Gasteiger partial charge in [-0.05, 0) is 42.5 Å². The standard InChI is InChI=1S/C18H19NO3S/c1-2-18(11-4-3-5-12-18)19-23(21,22)15-9-10-16-14(13-15)7-6-8-17(16)20/h3-11,13,19-20H,2,12H2,1H3. The molecule has 0 radical (unpaired) electrons. The van der Waals surface area contributed by atoms with E-state index in [1.165, 1.54) is 6.07 Å². The van der Waals surface area contributed by atoms with E-state index in [0.717, 1.165) is 0 Å². The van der Waals surface area contributed by atoms with Crippen molar-refractivity contribution in [2.45, 2.75) is 30.2 Å². The van der Waals surface area contributed by atoms with Crippen molar-refractivity contribution < 1.29 is 13.5 Å². The lowest BCUT2D eigenvalue weighted by Gasteiger charge is -2.31. The van der Waals surface area contributed by atoms with Crippen molar-refractivity contribution in [3.63, 3.8) is 0 Å². The molecule has 1 unspecified atom stereocenters. The van der Waals surface area contributed by atoms with Gasteiger partial charge in [0.15, 0.2) is 0 Å². The van der Waals surface area contributed by atoms with Crippen LogP contribution >= 0.6 is 0 Å². The molecule has 0 aromatic heterocycles. The average molecular weight is 329 g/mol. The highest BCUT2D eigenvalue weighted by molar-refractivity contribution is 7.89. The van der Waals surface area contributed by atoms with E-state index in [0.29, 0.717) is 23.6 Å². The summed E-state index contributed by atoms with van der Waals surface area (Å²) in [4.78, 5) is 0.200. The number of hydrogen-bond donors (Lipinski definition) is 2. The molecule has 0 aliphatic heterocycles. The molecule has 0 fully saturated rings. The summed E-state index contributed by atoms with van der Waals surface area (Å²) in [6, 6.07) is 9.81. The van der Waals surface area contributed by atoms with Crippen LogP contribution in [0.5, 0.6) is 5.75 Å². The Labute approximate surface area is 136 Å². The quantitative estimate of drug-likeness (QED) is 0.902. The van der Waals surface area contributed by atoms with Crippen LogP contribution in [0.3, 0.4) is 0 Å². The number of phenolic OH excluding ortho intramolecular Hbond substituents is 1. The fourth-order valence-corrected chi connectivity index (χ4v) is 4.29. The number of phenols is 1. The lowest BCUT2D eigenvalue weighted by molar-refractivity contribution is 0.450. The van der Waals surface area contributed by atoms with E-state index in [4.69, 9.17) is 0 Å². The second-order valence-corrected chi connectivity index (χ2v) is 7.45. The van der Waals surface area contributed by atoms with Gasteiger partial charge in [0, 0.05) is 5.39 Å². The first-order valence-electron chi connectivity index (χ1n) is 7.56. The number of fused-ring (bicyclic) bond motifs is 1. The Morgan fingerprint density at radius 3 is 2.74 bits per heavy atom. The molecule has 120 valence electrons. The summed E-state index contributed by atoms with van der Waals surface area (Å²) in [5, 5.41) is 11.2. The van der Waals surface area contributed by atoms with E-state index in [-0.39, 0.29) is 10.6 Å². The van der Waals surface area contributed by atoms with Crippen LogP contribution in [0.2, 0.25) is 0 Å². The van der Waals surface area contributed by atoms with E-state index < -0.39 is 15.6 Å². The summed E-state index contributed by atoms with van der Waals surface area (Å²) in [5.74, 6) is 0.143. The molecule has 0 heterocycles. The van der Waals surface area contributed by atoms with Crippen LogP contribution in [0.1, 0.15) is 19.8 Å². The average Bonchev–Trinajstić information content (AvgIpc) is 2.55. The van der Waals surface area contributed by atoms with Crippen LogP contribution in [-0.2, 0) is 10.0 Å². The third-order valence-electron chi connectivity index (χ3n) is 4.25. The Morgan fingerprint density at radius 2 is 2.04 bits per heavy atom. The molecule has 2 aromatic rings. The molecule has 23 heavy (non-hydrogen) atoms. The summed E-state index contributed by atoms with van der Waals surface area (Å²) in [6.45, 7) is 1.96. The molecule has 0 bridgehead atoms. The van der Waals surface area contributed by atoms with Crippen molar-refractivity contribution >= 4 is 20.8 Å². The third kappa shape index (κ3) is 3.02. The number of allylic oxidation sites excluding steroid dienone is 2. The van der Waals surface area contributed by atoms with Crippen molar-refractivity contribution in [3.05, 3.63) is 60.7 Å². The summed E-state index contributed by atoms with van der Waals surface area (Å²) < 4.78 is 28.3. The van der Waals surface area contributed by atoms with E-state index in [2.05, 4.69) is 4.72 Å². The number of hydrogen-bond acceptors (Lipinski definition) is 3. The van der Waals surface area contributed by atoms with Gasteiger partial charge in [0.25, 0.3) is 0 Å². The number of sulfonamides is 1. The maximum Gasteiger partial charge on any atom is 0.241 e. The van der Waals surface area contributed by atoms with E-state index >= 15 is 0 Å². The molecule has 1 atom stereocenters. The Kier molecular flexibility index (Phi) is 4.00. The minimum Gasteiger partial charge on any atom is -0.507 e. The Bertz CT molecular complexity index is 900. The number of rotatable bonds is 4. The molecular formula is C18H19NO3S. The van der Waals surface area contributed by atoms with Gasteiger partial charge in [0.1, 0.15) is 5.75 Å². The maximum atomic E-state index is 12.8. The predicted molar refractivity (Wildman–Crippen MR) is 91.9 cm³/mol. The predicted octanol–water partition coefficient (Wildman–Crippen LogP) is 3.49. The first-order chi connectivity index (χ1) is 11.0. The SMILES string of the molecule is CCC1(NS(=O)(=O)c2ccc3c(O)cccc3c2)C=CC=CC1. The van der Waals surface area contributed by atoms with Gasteiger partial charge in [-0.15, -0.1) is 0 Å². The van der Waals surface area contributed by atoms with Crippen molar-refractivity contribution in [2.75, 3.05) is 0 Å². The highest BCUT2D eigenvalue weighted by Gasteiger charge is 2.31. The Balaban J connectivity index is 1.99. The van der Waals surface area contributed by atoms with Crippen LogP contribution < -0.4 is 4.72 Å². The minimum atomic E-state index is -3.65. The lowest BCUT2D eigenvalue weighted by atomic mass is 9.90. The van der Waals surface area contributed by atoms with Crippen molar-refractivity contribution in [1.82, 2.24) is 4.72 Å². The molecule has 0 saturated carbocycles. The van der Waals surface area contributed by atoms with Gasteiger partial charge in [-0.2, -0.15) is 0 Å². The summed E-state index contributed by atoms with van der Waals surface area (Å²) in [5.41, 5.74) is -0.582. The van der Waals surface area contributed by atoms with E-state index in [9.17, 15) is 13.5 Å². The molecule has 4 nitrogen and oxygen atoms in total. The normalized spacial score (nSPS) is 20.9. The fraction of sp³-hybridized carbons (Fsp3) is 0.222. The summed E-state index contributed by atoms with van der Waals surface area (Å²) in [6.07, 6.45) is 8.95. The molecule has 0 spiro atoms. The van der Waals surface area contributed by atoms with Gasteiger partial charge in [-0.25, -0.2) is 13.1 Å². The lowest BCUT2D eigenvalue weighted by Crippen LogP contribution is -2.46. The minimum absolute atomic E-state index is 0.143. The topological polar surface area (TPSA) is 66.4 Å². The third-order valence-corrected chi connectivity index (χ3v) is 5.80. The van der Waals surface area contributed by atoms with Crippen molar-refractivity contribution in [1.29, 1.82) is 0 Å². The van der Waals surface area contributed by atoms with Gasteiger partial charge in [-0.3, -0.25) is 0 Å². The van der Waals surface area contributed by atoms with Crippen molar-refractivity contribution in [3.8, 4) is 5.75 Å². The summed E-state index contributed by atoms with van der Waals surface area (Å²) >= 11 is 0. The smallest absolute Gasteiger partial charge is 0.241 e. The second-order valence-electron chi connectivity index (χ2n) is 5.77. The Hall–Kier alpha value is -2.11. The largest absolute Gasteiger partial charge is 0.507 e. The first-order valence-corrected chi connectivity index (χ1v) is 9.04. The molecule has 0 amide bonds. The van der Waals surface area contributed by atoms with Gasteiger partial charge in [-0.1, -0.05) is 43.4 Å². The molecule has 5 heteroatoms. The maximum absolute atomic E-state index is 12.8. The summed E-state index contributed by atoms with van der Waals surface area (Å²) in [7, 11) is -3.65. The molecule has 3 rings (SSSR count).